The van der Waals surface area contributed by atoms with E-state index in [4.69, 9.17) is 4.52 Å². The van der Waals surface area contributed by atoms with Crippen LogP contribution in [0.3, 0.4) is 0 Å². The van der Waals surface area contributed by atoms with E-state index in [1.807, 2.05) is 25.1 Å². The van der Waals surface area contributed by atoms with Crippen LogP contribution in [-0.4, -0.2) is 34.1 Å². The summed E-state index contributed by atoms with van der Waals surface area (Å²) in [4.78, 5) is 23.2. The van der Waals surface area contributed by atoms with Gasteiger partial charge >= 0.3 is 0 Å². The van der Waals surface area contributed by atoms with Crippen LogP contribution in [0.5, 0.6) is 0 Å². The number of hydrogen-bond acceptors (Lipinski definition) is 7. The van der Waals surface area contributed by atoms with Crippen molar-refractivity contribution in [1.82, 2.24) is 15.1 Å². The molecular weight excluding hydrogens is 344 g/mol. The van der Waals surface area contributed by atoms with E-state index >= 15 is 0 Å². The predicted molar refractivity (Wildman–Crippen MR) is 105 cm³/mol. The van der Waals surface area contributed by atoms with Crippen LogP contribution in [0.2, 0.25) is 0 Å². The van der Waals surface area contributed by atoms with Crippen LogP contribution in [0.25, 0.3) is 0 Å². The largest absolute Gasteiger partial charge is 0.357 e. The molecular formula is C19H22N6O2. The lowest BCUT2D eigenvalue weighted by Crippen LogP contribution is -2.23. The number of nitrogens with one attached hydrogen (secondary N) is 2. The van der Waals surface area contributed by atoms with Crippen LogP contribution in [0, 0.1) is 6.92 Å². The molecule has 0 spiro atoms. The monoisotopic (exact) mass is 366 g/mol. The Bertz CT molecular complexity index is 889. The number of nitrogens with zero attached hydrogens (tertiary/aromatic N) is 4. The summed E-state index contributed by atoms with van der Waals surface area (Å²) in [6, 6.07) is 10.8. The minimum Gasteiger partial charge on any atom is -0.357 e. The Morgan fingerprint density at radius 1 is 1.07 bits per heavy atom. The molecule has 0 aliphatic heterocycles. The zero-order valence-corrected chi connectivity index (χ0v) is 15.6. The van der Waals surface area contributed by atoms with Crippen molar-refractivity contribution in [3.8, 4) is 0 Å². The number of rotatable bonds is 7. The molecule has 0 aliphatic rings. The third kappa shape index (κ3) is 4.60. The number of anilines is 4. The molecule has 0 bridgehead atoms. The highest BCUT2D eigenvalue weighted by Gasteiger charge is 2.10. The van der Waals surface area contributed by atoms with Gasteiger partial charge in [-0.15, -0.1) is 0 Å². The van der Waals surface area contributed by atoms with Gasteiger partial charge in [0.2, 0.25) is 11.7 Å². The Hall–Kier alpha value is -3.42. The lowest BCUT2D eigenvalue weighted by molar-refractivity contribution is 0.0988. The molecule has 140 valence electrons. The van der Waals surface area contributed by atoms with Crippen molar-refractivity contribution in [3.05, 3.63) is 54.0 Å². The van der Waals surface area contributed by atoms with Crippen LogP contribution >= 0.6 is 0 Å². The maximum Gasteiger partial charge on any atom is 0.294 e. The summed E-state index contributed by atoms with van der Waals surface area (Å²) in [6.45, 7) is 7.90. The molecule has 27 heavy (non-hydrogen) atoms. The Kier molecular flexibility index (Phi) is 5.65. The van der Waals surface area contributed by atoms with Crippen LogP contribution in [0.15, 0.2) is 47.1 Å². The van der Waals surface area contributed by atoms with Gasteiger partial charge in [-0.25, -0.2) is 4.98 Å². The molecule has 8 nitrogen and oxygen atoms in total. The van der Waals surface area contributed by atoms with Crippen molar-refractivity contribution in [3.63, 3.8) is 0 Å². The first-order chi connectivity index (χ1) is 13.1. The summed E-state index contributed by atoms with van der Waals surface area (Å²) >= 11 is 0. The van der Waals surface area contributed by atoms with Gasteiger partial charge in [-0.3, -0.25) is 4.79 Å². The Balaban J connectivity index is 1.70. The highest BCUT2D eigenvalue weighted by molar-refractivity contribution is 6.02. The number of carbonyl (C=O) groups is 1. The molecule has 3 aromatic rings. The molecule has 2 heterocycles. The molecule has 0 saturated heterocycles. The van der Waals surface area contributed by atoms with Crippen LogP contribution in [0.4, 0.5) is 23.1 Å². The smallest absolute Gasteiger partial charge is 0.294 e. The Morgan fingerprint density at radius 3 is 2.41 bits per heavy atom. The van der Waals surface area contributed by atoms with Gasteiger partial charge in [-0.1, -0.05) is 5.16 Å². The van der Waals surface area contributed by atoms with Gasteiger partial charge < -0.3 is 20.1 Å². The van der Waals surface area contributed by atoms with Gasteiger partial charge in [0, 0.05) is 42.3 Å². The van der Waals surface area contributed by atoms with Crippen LogP contribution in [0.1, 0.15) is 30.1 Å². The number of hydrogen-bond donors (Lipinski definition) is 2. The quantitative estimate of drug-likeness (QED) is 0.659. The van der Waals surface area contributed by atoms with Crippen molar-refractivity contribution in [2.75, 3.05) is 28.6 Å². The van der Waals surface area contributed by atoms with Gasteiger partial charge in [0.25, 0.3) is 5.91 Å². The molecule has 3 rings (SSSR count). The molecule has 8 heteroatoms. The summed E-state index contributed by atoms with van der Waals surface area (Å²) in [5.74, 6) is 1.25. The third-order valence-electron chi connectivity index (χ3n) is 3.99. The number of benzene rings is 1. The van der Waals surface area contributed by atoms with E-state index in [2.05, 4.69) is 44.5 Å². The molecule has 0 fully saturated rings. The third-order valence-corrected chi connectivity index (χ3v) is 3.99. The second kappa shape index (κ2) is 8.31. The Morgan fingerprint density at radius 2 is 1.78 bits per heavy atom. The number of amides is 1. The lowest BCUT2D eigenvalue weighted by atomic mass is 10.2. The fraction of sp³-hybridized carbons (Fsp3) is 0.263. The second-order valence-electron chi connectivity index (χ2n) is 5.90. The maximum absolute atomic E-state index is 12.0. The summed E-state index contributed by atoms with van der Waals surface area (Å²) in [7, 11) is 0. The molecule has 2 aromatic heterocycles. The van der Waals surface area contributed by atoms with Gasteiger partial charge in [0.15, 0.2) is 0 Å². The highest BCUT2D eigenvalue weighted by Crippen LogP contribution is 2.20. The summed E-state index contributed by atoms with van der Waals surface area (Å²) in [6.07, 6.45) is 1.43. The van der Waals surface area contributed by atoms with Crippen molar-refractivity contribution < 1.29 is 9.32 Å². The van der Waals surface area contributed by atoms with Crippen molar-refractivity contribution in [1.29, 1.82) is 0 Å². The van der Waals surface area contributed by atoms with Gasteiger partial charge in [-0.05, 0) is 45.0 Å². The van der Waals surface area contributed by atoms with Gasteiger partial charge in [0.1, 0.15) is 5.82 Å². The van der Waals surface area contributed by atoms with Crippen LogP contribution < -0.4 is 15.5 Å². The van der Waals surface area contributed by atoms with E-state index in [-0.39, 0.29) is 11.7 Å². The predicted octanol–water partition coefficient (Wildman–Crippen LogP) is 3.62. The summed E-state index contributed by atoms with van der Waals surface area (Å²) < 4.78 is 4.84. The second-order valence-corrected chi connectivity index (χ2v) is 5.90. The van der Waals surface area contributed by atoms with E-state index in [1.54, 1.807) is 12.1 Å². The minimum atomic E-state index is -0.348. The first kappa shape index (κ1) is 18.4. The summed E-state index contributed by atoms with van der Waals surface area (Å²) in [5, 5.41) is 9.47. The van der Waals surface area contributed by atoms with E-state index < -0.39 is 0 Å². The zero-order valence-electron chi connectivity index (χ0n) is 15.6. The van der Waals surface area contributed by atoms with E-state index in [9.17, 15) is 4.79 Å². The van der Waals surface area contributed by atoms with Crippen molar-refractivity contribution in [2.24, 2.45) is 0 Å². The molecule has 0 atom stereocenters. The minimum absolute atomic E-state index is 0.161. The first-order valence-corrected chi connectivity index (χ1v) is 8.78. The number of aryl methyl sites for hydroxylation is 1. The summed E-state index contributed by atoms with van der Waals surface area (Å²) in [5.41, 5.74) is 2.37. The topological polar surface area (TPSA) is 96.2 Å². The molecule has 0 aliphatic carbocycles. The van der Waals surface area contributed by atoms with Gasteiger partial charge in [0.05, 0.1) is 6.20 Å². The SMILES string of the molecule is CCN(CC)c1cc(C)nc(Nc2ccc(NC(=O)c3ccno3)cc2)n1. The molecule has 0 radical (unpaired) electrons. The van der Waals surface area contributed by atoms with Crippen LogP contribution in [-0.2, 0) is 0 Å². The highest BCUT2D eigenvalue weighted by atomic mass is 16.5. The average molecular weight is 366 g/mol. The first-order valence-electron chi connectivity index (χ1n) is 8.78. The van der Waals surface area contributed by atoms with Gasteiger partial charge in [-0.2, -0.15) is 4.98 Å². The maximum atomic E-state index is 12.0. The van der Waals surface area contributed by atoms with E-state index in [0.717, 1.165) is 30.3 Å². The number of aromatic nitrogens is 3. The normalized spacial score (nSPS) is 10.5. The lowest BCUT2D eigenvalue weighted by Gasteiger charge is -2.20. The number of carbonyl (C=O) groups excluding carboxylic acids is 1. The molecule has 1 aromatic carbocycles. The van der Waals surface area contributed by atoms with Crippen molar-refractivity contribution >= 4 is 29.0 Å². The fourth-order valence-electron chi connectivity index (χ4n) is 2.61. The molecule has 2 N–H and O–H groups in total. The molecule has 1 amide bonds. The fourth-order valence-corrected chi connectivity index (χ4v) is 2.61. The average Bonchev–Trinajstić information content (AvgIpc) is 3.19. The van der Waals surface area contributed by atoms with E-state index in [1.165, 1.54) is 12.3 Å². The molecule has 0 unspecified atom stereocenters. The van der Waals surface area contributed by atoms with Crippen molar-refractivity contribution in [2.45, 2.75) is 20.8 Å². The van der Waals surface area contributed by atoms with E-state index in [0.29, 0.717) is 11.6 Å². The Labute approximate surface area is 157 Å². The standard InChI is InChI=1S/C19H22N6O2/c1-4-25(5-2)17-12-13(3)21-19(24-17)23-15-8-6-14(7-9-15)22-18(26)16-10-11-20-27-16/h6-12H,4-5H2,1-3H3,(H,22,26)(H,21,23,24). The zero-order chi connectivity index (χ0) is 19.2. The molecule has 0 saturated carbocycles.